The molecule has 0 fully saturated rings. The highest BCUT2D eigenvalue weighted by Crippen LogP contribution is 2.33. The number of amides is 1. The van der Waals surface area contributed by atoms with E-state index in [0.717, 1.165) is 29.2 Å². The van der Waals surface area contributed by atoms with Crippen LogP contribution in [-0.2, 0) is 6.54 Å². The van der Waals surface area contributed by atoms with Gasteiger partial charge in [0, 0.05) is 42.1 Å². The number of phenolic OH excluding ortho intramolecular Hbond substituents is 1. The number of hydrogen-bond donors (Lipinski definition) is 2. The number of anilines is 2. The van der Waals surface area contributed by atoms with Crippen LogP contribution in [0.3, 0.4) is 0 Å². The third-order valence-corrected chi connectivity index (χ3v) is 6.64. The van der Waals surface area contributed by atoms with Crippen LogP contribution in [0.1, 0.15) is 41.0 Å². The van der Waals surface area contributed by atoms with Gasteiger partial charge in [-0.05, 0) is 54.8 Å². The number of aromatic nitrogens is 3. The molecule has 7 nitrogen and oxygen atoms in total. The Morgan fingerprint density at radius 2 is 2.03 bits per heavy atom. The maximum atomic E-state index is 13.5. The summed E-state index contributed by atoms with van der Waals surface area (Å²) in [5.74, 6) is -0.569. The van der Waals surface area contributed by atoms with Gasteiger partial charge in [0.2, 0.25) is 5.95 Å². The lowest BCUT2D eigenvalue weighted by Crippen LogP contribution is -2.42. The van der Waals surface area contributed by atoms with Crippen molar-refractivity contribution in [1.82, 2.24) is 19.4 Å². The van der Waals surface area contributed by atoms with E-state index in [-0.39, 0.29) is 23.6 Å². The van der Waals surface area contributed by atoms with E-state index >= 15 is 0 Å². The number of nitrogens with zero attached hydrogens (tertiary/aromatic N) is 4. The molecule has 1 aliphatic rings. The number of halogens is 2. The van der Waals surface area contributed by atoms with Crippen LogP contribution < -0.4 is 5.32 Å². The molecule has 9 heteroatoms. The molecule has 184 valence electrons. The molecule has 36 heavy (non-hydrogen) atoms. The molecule has 0 aliphatic carbocycles. The fourth-order valence-electron chi connectivity index (χ4n) is 4.64. The molecule has 0 bridgehead atoms. The average molecular weight is 506 g/mol. The highest BCUT2D eigenvalue weighted by atomic mass is 35.5. The number of fused-ring (bicyclic) bond motifs is 1. The number of aryl methyl sites for hydroxylation is 1. The lowest BCUT2D eigenvalue weighted by Gasteiger charge is -2.35. The number of carbonyl (C=O) groups excluding carboxylic acids is 1. The molecular weight excluding hydrogens is 481 g/mol. The monoisotopic (exact) mass is 505 g/mol. The van der Waals surface area contributed by atoms with Crippen LogP contribution in [0.15, 0.2) is 60.9 Å². The molecule has 2 aromatic heterocycles. The maximum absolute atomic E-state index is 13.5. The minimum absolute atomic E-state index is 0.0411. The van der Waals surface area contributed by atoms with Gasteiger partial charge in [0.25, 0.3) is 5.91 Å². The van der Waals surface area contributed by atoms with Gasteiger partial charge in [-0.15, -0.1) is 0 Å². The van der Waals surface area contributed by atoms with Crippen LogP contribution in [0.4, 0.5) is 16.0 Å². The first kappa shape index (κ1) is 23.8. The van der Waals surface area contributed by atoms with Gasteiger partial charge in [-0.3, -0.25) is 4.79 Å². The summed E-state index contributed by atoms with van der Waals surface area (Å²) >= 11 is 6.21. The summed E-state index contributed by atoms with van der Waals surface area (Å²) in [6.45, 7) is 5.21. The Bertz CT molecular complexity index is 1450. The zero-order chi connectivity index (χ0) is 25.4. The first-order valence-corrected chi connectivity index (χ1v) is 12.1. The number of carbonyl (C=O) groups is 1. The quantitative estimate of drug-likeness (QED) is 0.309. The highest BCUT2D eigenvalue weighted by Gasteiger charge is 2.31. The number of benzene rings is 2. The van der Waals surface area contributed by atoms with Crippen molar-refractivity contribution >= 4 is 29.1 Å². The zero-order valence-electron chi connectivity index (χ0n) is 19.9. The Kier molecular flexibility index (Phi) is 6.36. The minimum atomic E-state index is -0.540. The lowest BCUT2D eigenvalue weighted by molar-refractivity contribution is 0.0610. The second-order valence-electron chi connectivity index (χ2n) is 8.80. The molecule has 2 N–H and O–H groups in total. The standard InChI is InChI=1S/C27H25ClFN5O2/c1-3-22(17-5-4-6-19(28)11-17)34-10-9-33-15-18(12-23(33)26(34)36)25-16(2)14-30-27(32-25)31-21-8-7-20(29)13-24(21)35/h4-8,11-15,22,35H,3,9-10H2,1-2H3,(H,30,31,32). The van der Waals surface area contributed by atoms with Crippen LogP contribution in [0, 0.1) is 12.7 Å². The third kappa shape index (κ3) is 4.52. The Labute approximate surface area is 213 Å². The summed E-state index contributed by atoms with van der Waals surface area (Å²) in [6, 6.07) is 13.1. The van der Waals surface area contributed by atoms with Gasteiger partial charge in [-0.25, -0.2) is 14.4 Å². The van der Waals surface area contributed by atoms with Gasteiger partial charge in [0.15, 0.2) is 0 Å². The van der Waals surface area contributed by atoms with E-state index in [1.165, 1.54) is 12.1 Å². The van der Waals surface area contributed by atoms with Crippen LogP contribution in [0.25, 0.3) is 11.3 Å². The van der Waals surface area contributed by atoms with E-state index in [1.807, 2.05) is 52.9 Å². The van der Waals surface area contributed by atoms with Crippen LogP contribution in [0.2, 0.25) is 5.02 Å². The van der Waals surface area contributed by atoms with E-state index in [9.17, 15) is 14.3 Å². The first-order valence-electron chi connectivity index (χ1n) is 11.7. The molecule has 1 unspecified atom stereocenters. The smallest absolute Gasteiger partial charge is 0.271 e. The molecule has 1 atom stereocenters. The van der Waals surface area contributed by atoms with Crippen LogP contribution in [-0.4, -0.2) is 37.0 Å². The van der Waals surface area contributed by atoms with Crippen molar-refractivity contribution in [2.24, 2.45) is 0 Å². The SMILES string of the molecule is CCC(c1cccc(Cl)c1)N1CCn2cc(-c3nc(Nc4ccc(F)cc4O)ncc3C)cc2C1=O. The predicted molar refractivity (Wildman–Crippen MR) is 137 cm³/mol. The summed E-state index contributed by atoms with van der Waals surface area (Å²) in [4.78, 5) is 24.4. The van der Waals surface area contributed by atoms with Gasteiger partial charge < -0.3 is 19.9 Å². The Balaban J connectivity index is 1.44. The second-order valence-corrected chi connectivity index (χ2v) is 9.23. The number of aromatic hydroxyl groups is 1. The summed E-state index contributed by atoms with van der Waals surface area (Å²) < 4.78 is 15.3. The number of phenols is 1. The Morgan fingerprint density at radius 1 is 1.19 bits per heavy atom. The maximum Gasteiger partial charge on any atom is 0.271 e. The van der Waals surface area contributed by atoms with Gasteiger partial charge in [0.1, 0.15) is 17.3 Å². The molecule has 2 aromatic carbocycles. The topological polar surface area (TPSA) is 83.3 Å². The van der Waals surface area contributed by atoms with Crippen molar-refractivity contribution in [1.29, 1.82) is 0 Å². The molecular formula is C27H25ClFN5O2. The molecule has 0 radical (unpaired) electrons. The van der Waals surface area contributed by atoms with Crippen molar-refractivity contribution in [3.63, 3.8) is 0 Å². The summed E-state index contributed by atoms with van der Waals surface area (Å²) in [5.41, 5.74) is 4.20. The van der Waals surface area contributed by atoms with Gasteiger partial charge >= 0.3 is 0 Å². The van der Waals surface area contributed by atoms with Crippen molar-refractivity contribution in [2.75, 3.05) is 11.9 Å². The number of rotatable bonds is 6. The molecule has 3 heterocycles. The first-order chi connectivity index (χ1) is 17.3. The van der Waals surface area contributed by atoms with Gasteiger partial charge in [-0.2, -0.15) is 0 Å². The van der Waals surface area contributed by atoms with Crippen molar-refractivity contribution in [3.05, 3.63) is 88.6 Å². The van der Waals surface area contributed by atoms with Crippen molar-refractivity contribution < 1.29 is 14.3 Å². The lowest BCUT2D eigenvalue weighted by atomic mass is 10.0. The second kappa shape index (κ2) is 9.62. The van der Waals surface area contributed by atoms with Gasteiger partial charge in [0.05, 0.1) is 17.4 Å². The number of hydrogen-bond acceptors (Lipinski definition) is 5. The molecule has 0 saturated carbocycles. The fraction of sp³-hybridized carbons (Fsp3) is 0.222. The Morgan fingerprint density at radius 3 is 2.78 bits per heavy atom. The largest absolute Gasteiger partial charge is 0.506 e. The molecule has 5 rings (SSSR count). The van der Waals surface area contributed by atoms with E-state index in [2.05, 4.69) is 22.2 Å². The average Bonchev–Trinajstić information content (AvgIpc) is 3.29. The molecule has 0 saturated heterocycles. The van der Waals surface area contributed by atoms with E-state index in [4.69, 9.17) is 11.6 Å². The van der Waals surface area contributed by atoms with Crippen LogP contribution in [0.5, 0.6) is 5.75 Å². The minimum Gasteiger partial charge on any atom is -0.506 e. The Hall–Kier alpha value is -3.91. The number of nitrogens with one attached hydrogen (secondary N) is 1. The summed E-state index contributed by atoms with van der Waals surface area (Å²) in [5, 5.41) is 13.6. The molecule has 4 aromatic rings. The summed E-state index contributed by atoms with van der Waals surface area (Å²) in [7, 11) is 0. The van der Waals surface area contributed by atoms with Crippen molar-refractivity contribution in [2.45, 2.75) is 32.9 Å². The molecule has 1 amide bonds. The fourth-order valence-corrected chi connectivity index (χ4v) is 4.84. The van der Waals surface area contributed by atoms with Gasteiger partial charge in [-0.1, -0.05) is 30.7 Å². The van der Waals surface area contributed by atoms with E-state index < -0.39 is 5.82 Å². The van der Waals surface area contributed by atoms with Crippen LogP contribution >= 0.6 is 11.6 Å². The zero-order valence-corrected chi connectivity index (χ0v) is 20.6. The molecule has 0 spiro atoms. The van der Waals surface area contributed by atoms with E-state index in [1.54, 1.807) is 6.20 Å². The third-order valence-electron chi connectivity index (χ3n) is 6.41. The summed E-state index contributed by atoms with van der Waals surface area (Å²) in [6.07, 6.45) is 4.37. The molecule has 1 aliphatic heterocycles. The predicted octanol–water partition coefficient (Wildman–Crippen LogP) is 6.10. The van der Waals surface area contributed by atoms with E-state index in [0.29, 0.717) is 35.2 Å². The van der Waals surface area contributed by atoms with Crippen molar-refractivity contribution in [3.8, 4) is 17.0 Å². The highest BCUT2D eigenvalue weighted by molar-refractivity contribution is 6.30. The normalized spacial score (nSPS) is 14.0.